The fourth-order valence-corrected chi connectivity index (χ4v) is 2.32. The first-order chi connectivity index (χ1) is 12.2. The van der Waals surface area contributed by atoms with Gasteiger partial charge < -0.3 is 15.4 Å². The second kappa shape index (κ2) is 10.3. The fraction of sp³-hybridized carbons (Fsp3) is 0.300. The lowest BCUT2D eigenvalue weighted by Gasteiger charge is -2.19. The molecule has 2 aromatic rings. The van der Waals surface area contributed by atoms with Gasteiger partial charge in [0.05, 0.1) is 25.8 Å². The third kappa shape index (κ3) is 6.77. The number of nitrogens with one attached hydrogen (secondary N) is 2. The number of hydrogen-bond donors (Lipinski definition) is 2. The summed E-state index contributed by atoms with van der Waals surface area (Å²) in [7, 11) is 0. The van der Waals surface area contributed by atoms with Gasteiger partial charge in [0.15, 0.2) is 0 Å². The molecule has 0 saturated heterocycles. The van der Waals surface area contributed by atoms with Crippen molar-refractivity contribution in [3.05, 3.63) is 71.8 Å². The normalized spacial score (nSPS) is 11.6. The highest BCUT2D eigenvalue weighted by Crippen LogP contribution is 2.14. The molecule has 2 amide bonds. The van der Waals surface area contributed by atoms with Gasteiger partial charge in [-0.25, -0.2) is 0 Å². The Hall–Kier alpha value is -2.66. The van der Waals surface area contributed by atoms with Crippen molar-refractivity contribution in [1.82, 2.24) is 10.6 Å². The Morgan fingerprint density at radius 2 is 1.60 bits per heavy atom. The van der Waals surface area contributed by atoms with E-state index < -0.39 is 0 Å². The number of ether oxygens (including phenoxy) is 1. The Morgan fingerprint density at radius 1 is 0.960 bits per heavy atom. The number of carbonyl (C=O) groups excluding carboxylic acids is 2. The molecule has 1 atom stereocenters. The van der Waals surface area contributed by atoms with Gasteiger partial charge in [-0.05, 0) is 11.1 Å². The van der Waals surface area contributed by atoms with E-state index in [-0.39, 0.29) is 24.4 Å². The van der Waals surface area contributed by atoms with Crippen LogP contribution in [0.4, 0.5) is 0 Å². The molecule has 0 aromatic heterocycles. The summed E-state index contributed by atoms with van der Waals surface area (Å²) >= 11 is 0. The third-order valence-corrected chi connectivity index (χ3v) is 3.70. The Kier molecular flexibility index (Phi) is 7.66. The molecule has 2 aromatic carbocycles. The zero-order valence-corrected chi connectivity index (χ0v) is 14.4. The van der Waals surface area contributed by atoms with Crippen molar-refractivity contribution >= 4 is 11.8 Å². The molecule has 2 rings (SSSR count). The zero-order valence-electron chi connectivity index (χ0n) is 14.4. The summed E-state index contributed by atoms with van der Waals surface area (Å²) in [5, 5.41) is 5.50. The molecule has 0 heterocycles. The van der Waals surface area contributed by atoms with Gasteiger partial charge in [0.1, 0.15) is 0 Å². The standard InChI is InChI=1S/C20H24N2O3/c1-2-19(23)21-13-20(24)22-18(17-11-7-4-8-12-17)15-25-14-16-9-5-3-6-10-16/h3-12,18H,2,13-15H2,1H3,(H,21,23)(H,22,24). The number of hydrogen-bond acceptors (Lipinski definition) is 3. The number of rotatable bonds is 9. The lowest BCUT2D eigenvalue weighted by atomic mass is 10.1. The molecule has 0 aliphatic carbocycles. The van der Waals surface area contributed by atoms with Crippen molar-refractivity contribution in [3.63, 3.8) is 0 Å². The Bertz CT molecular complexity index is 659. The van der Waals surface area contributed by atoms with Gasteiger partial charge in [0, 0.05) is 6.42 Å². The predicted octanol–water partition coefficient (Wildman–Crippen LogP) is 2.59. The number of carbonyl (C=O) groups is 2. The molecule has 2 N–H and O–H groups in total. The minimum atomic E-state index is -0.268. The van der Waals surface area contributed by atoms with Gasteiger partial charge in [-0.1, -0.05) is 67.6 Å². The molecular formula is C20H24N2O3. The molecule has 5 nitrogen and oxygen atoms in total. The van der Waals surface area contributed by atoms with E-state index in [9.17, 15) is 9.59 Å². The maximum atomic E-state index is 12.1. The Morgan fingerprint density at radius 3 is 2.24 bits per heavy atom. The van der Waals surface area contributed by atoms with Gasteiger partial charge in [-0.15, -0.1) is 0 Å². The molecule has 0 spiro atoms. The largest absolute Gasteiger partial charge is 0.374 e. The van der Waals surface area contributed by atoms with Crippen LogP contribution in [0.2, 0.25) is 0 Å². The van der Waals surface area contributed by atoms with Gasteiger partial charge >= 0.3 is 0 Å². The van der Waals surface area contributed by atoms with E-state index in [0.717, 1.165) is 11.1 Å². The van der Waals surface area contributed by atoms with Gasteiger partial charge in [-0.2, -0.15) is 0 Å². The van der Waals surface area contributed by atoms with Crippen LogP contribution in [-0.2, 0) is 20.9 Å². The van der Waals surface area contributed by atoms with Crippen LogP contribution in [0.15, 0.2) is 60.7 Å². The van der Waals surface area contributed by atoms with E-state index in [1.54, 1.807) is 6.92 Å². The first kappa shape index (κ1) is 18.7. The van der Waals surface area contributed by atoms with Crippen LogP contribution in [0.25, 0.3) is 0 Å². The van der Waals surface area contributed by atoms with Crippen molar-refractivity contribution in [2.24, 2.45) is 0 Å². The topological polar surface area (TPSA) is 67.4 Å². The molecule has 1 unspecified atom stereocenters. The summed E-state index contributed by atoms with van der Waals surface area (Å²) in [4.78, 5) is 23.4. The number of benzene rings is 2. The summed E-state index contributed by atoms with van der Waals surface area (Å²) in [5.41, 5.74) is 2.04. The van der Waals surface area contributed by atoms with E-state index in [4.69, 9.17) is 4.74 Å². The van der Waals surface area contributed by atoms with Crippen LogP contribution < -0.4 is 10.6 Å². The highest BCUT2D eigenvalue weighted by atomic mass is 16.5. The van der Waals surface area contributed by atoms with Crippen molar-refractivity contribution in [1.29, 1.82) is 0 Å². The molecule has 0 bridgehead atoms. The SMILES string of the molecule is CCC(=O)NCC(=O)NC(COCc1ccccc1)c1ccccc1. The molecule has 5 heteroatoms. The second-order valence-corrected chi connectivity index (χ2v) is 5.66. The van der Waals surface area contributed by atoms with E-state index in [0.29, 0.717) is 19.6 Å². The first-order valence-corrected chi connectivity index (χ1v) is 8.41. The van der Waals surface area contributed by atoms with Crippen LogP contribution in [0.1, 0.15) is 30.5 Å². The monoisotopic (exact) mass is 340 g/mol. The van der Waals surface area contributed by atoms with E-state index in [2.05, 4.69) is 10.6 Å². The smallest absolute Gasteiger partial charge is 0.239 e. The lowest BCUT2D eigenvalue weighted by molar-refractivity contribution is -0.126. The average Bonchev–Trinajstić information content (AvgIpc) is 2.66. The minimum Gasteiger partial charge on any atom is -0.374 e. The van der Waals surface area contributed by atoms with Crippen LogP contribution in [0, 0.1) is 0 Å². The highest BCUT2D eigenvalue weighted by Gasteiger charge is 2.15. The molecule has 0 saturated carbocycles. The van der Waals surface area contributed by atoms with E-state index in [1.807, 2.05) is 60.7 Å². The van der Waals surface area contributed by atoms with Gasteiger partial charge in [-0.3, -0.25) is 9.59 Å². The average molecular weight is 340 g/mol. The zero-order chi connectivity index (χ0) is 17.9. The first-order valence-electron chi connectivity index (χ1n) is 8.41. The van der Waals surface area contributed by atoms with Crippen molar-refractivity contribution in [2.45, 2.75) is 26.0 Å². The second-order valence-electron chi connectivity index (χ2n) is 5.66. The lowest BCUT2D eigenvalue weighted by Crippen LogP contribution is -2.39. The van der Waals surface area contributed by atoms with Crippen LogP contribution in [0.5, 0.6) is 0 Å². The molecule has 0 aliphatic heterocycles. The Labute approximate surface area is 148 Å². The summed E-state index contributed by atoms with van der Waals surface area (Å²) in [5.74, 6) is -0.384. The highest BCUT2D eigenvalue weighted by molar-refractivity contribution is 5.84. The van der Waals surface area contributed by atoms with E-state index >= 15 is 0 Å². The quantitative estimate of drug-likeness (QED) is 0.737. The van der Waals surface area contributed by atoms with E-state index in [1.165, 1.54) is 0 Å². The van der Waals surface area contributed by atoms with Crippen molar-refractivity contribution in [3.8, 4) is 0 Å². The number of amides is 2. The van der Waals surface area contributed by atoms with Gasteiger partial charge in [0.25, 0.3) is 0 Å². The predicted molar refractivity (Wildman–Crippen MR) is 96.7 cm³/mol. The summed E-state index contributed by atoms with van der Waals surface area (Å²) in [6.07, 6.45) is 0.357. The minimum absolute atomic E-state index is 0.0330. The maximum Gasteiger partial charge on any atom is 0.239 e. The molecule has 0 aliphatic rings. The molecular weight excluding hydrogens is 316 g/mol. The molecule has 0 fully saturated rings. The van der Waals surface area contributed by atoms with Crippen molar-refractivity contribution in [2.75, 3.05) is 13.2 Å². The summed E-state index contributed by atoms with van der Waals surface area (Å²) in [6, 6.07) is 19.3. The van der Waals surface area contributed by atoms with Crippen LogP contribution in [0.3, 0.4) is 0 Å². The van der Waals surface area contributed by atoms with Gasteiger partial charge in [0.2, 0.25) is 11.8 Å². The molecule has 0 radical (unpaired) electrons. The summed E-state index contributed by atoms with van der Waals surface area (Å²) < 4.78 is 5.78. The van der Waals surface area contributed by atoms with Crippen LogP contribution in [-0.4, -0.2) is 25.0 Å². The third-order valence-electron chi connectivity index (χ3n) is 3.70. The maximum absolute atomic E-state index is 12.1. The molecule has 25 heavy (non-hydrogen) atoms. The van der Waals surface area contributed by atoms with Crippen molar-refractivity contribution < 1.29 is 14.3 Å². The Balaban J connectivity index is 1.91. The summed E-state index contributed by atoms with van der Waals surface area (Å²) in [6.45, 7) is 2.55. The molecule has 132 valence electrons. The fourth-order valence-electron chi connectivity index (χ4n) is 2.32. The van der Waals surface area contributed by atoms with Crippen LogP contribution >= 0.6 is 0 Å².